The van der Waals surface area contributed by atoms with Crippen LogP contribution in [0.15, 0.2) is 80.8 Å². The number of fused-ring (bicyclic) bond motifs is 1. The maximum Gasteiger partial charge on any atom is 0.238 e. The number of halogens is 2. The van der Waals surface area contributed by atoms with Gasteiger partial charge in [-0.1, -0.05) is 47.5 Å². The van der Waals surface area contributed by atoms with Gasteiger partial charge in [0, 0.05) is 11.1 Å². The van der Waals surface area contributed by atoms with Gasteiger partial charge in [-0.2, -0.15) is 0 Å². The molecule has 0 saturated heterocycles. The maximum absolute atomic E-state index is 13.3. The number of primary sulfonamides is 1. The van der Waals surface area contributed by atoms with Crippen molar-refractivity contribution in [2.75, 3.05) is 0 Å². The monoisotopic (exact) mass is 445 g/mol. The molecule has 2 N–H and O–H groups in total. The molecule has 0 aliphatic heterocycles. The standard InChI is InChI=1S/C21H13Cl2NO4S/c22-16-6-3-5-15(19(16)23)18-20(25)14-4-1-2-7-17(14)28-21(18)12-8-10-13(11-9-12)29(24,26)27/h1-11H,(H2,24,26,27). The number of hydrogen-bond donors (Lipinski definition) is 1. The first kappa shape index (κ1) is 19.7. The van der Waals surface area contributed by atoms with Crippen molar-refractivity contribution in [1.29, 1.82) is 0 Å². The van der Waals surface area contributed by atoms with Gasteiger partial charge in [-0.3, -0.25) is 4.79 Å². The van der Waals surface area contributed by atoms with Gasteiger partial charge in [-0.15, -0.1) is 0 Å². The average molecular weight is 446 g/mol. The molecule has 146 valence electrons. The van der Waals surface area contributed by atoms with Crippen molar-refractivity contribution in [1.82, 2.24) is 0 Å². The second-order valence-electron chi connectivity index (χ2n) is 6.30. The molecule has 0 fully saturated rings. The smallest absolute Gasteiger partial charge is 0.238 e. The summed E-state index contributed by atoms with van der Waals surface area (Å²) in [5, 5.41) is 6.08. The summed E-state index contributed by atoms with van der Waals surface area (Å²) >= 11 is 12.5. The van der Waals surface area contributed by atoms with Crippen LogP contribution in [-0.2, 0) is 10.0 Å². The van der Waals surface area contributed by atoms with Crippen LogP contribution >= 0.6 is 23.2 Å². The second kappa shape index (κ2) is 7.31. The zero-order chi connectivity index (χ0) is 20.8. The summed E-state index contributed by atoms with van der Waals surface area (Å²) in [7, 11) is -3.85. The molecular weight excluding hydrogens is 433 g/mol. The summed E-state index contributed by atoms with van der Waals surface area (Å²) in [4.78, 5) is 13.3. The van der Waals surface area contributed by atoms with E-state index in [0.717, 1.165) is 0 Å². The molecular formula is C21H13Cl2NO4S. The molecule has 1 aromatic heterocycles. The van der Waals surface area contributed by atoms with Crippen LogP contribution in [0, 0.1) is 0 Å². The largest absolute Gasteiger partial charge is 0.455 e. The van der Waals surface area contributed by atoms with E-state index in [0.29, 0.717) is 27.1 Å². The molecule has 0 amide bonds. The van der Waals surface area contributed by atoms with Crippen molar-refractivity contribution in [2.24, 2.45) is 5.14 Å². The van der Waals surface area contributed by atoms with E-state index in [1.165, 1.54) is 24.3 Å². The molecule has 5 nitrogen and oxygen atoms in total. The second-order valence-corrected chi connectivity index (χ2v) is 8.65. The van der Waals surface area contributed by atoms with Gasteiger partial charge in [0.05, 0.1) is 25.9 Å². The first-order valence-electron chi connectivity index (χ1n) is 8.41. The van der Waals surface area contributed by atoms with Crippen molar-refractivity contribution in [3.05, 3.63) is 87.0 Å². The van der Waals surface area contributed by atoms with Crippen LogP contribution in [0.2, 0.25) is 10.0 Å². The van der Waals surface area contributed by atoms with Gasteiger partial charge in [0.1, 0.15) is 11.3 Å². The fraction of sp³-hybridized carbons (Fsp3) is 0. The van der Waals surface area contributed by atoms with Gasteiger partial charge in [0.15, 0.2) is 0 Å². The normalized spacial score (nSPS) is 11.7. The van der Waals surface area contributed by atoms with Crippen LogP contribution in [0.5, 0.6) is 0 Å². The summed E-state index contributed by atoms with van der Waals surface area (Å²) in [6, 6.07) is 17.6. The van der Waals surface area contributed by atoms with Gasteiger partial charge in [-0.25, -0.2) is 13.6 Å². The van der Waals surface area contributed by atoms with Crippen LogP contribution in [0.25, 0.3) is 33.4 Å². The Bertz CT molecular complexity index is 1410. The van der Waals surface area contributed by atoms with Gasteiger partial charge in [0.2, 0.25) is 15.5 Å². The van der Waals surface area contributed by atoms with Gasteiger partial charge < -0.3 is 4.42 Å². The highest BCUT2D eigenvalue weighted by molar-refractivity contribution is 7.89. The first-order valence-corrected chi connectivity index (χ1v) is 10.7. The van der Waals surface area contributed by atoms with E-state index in [1.54, 1.807) is 42.5 Å². The number of hydrogen-bond acceptors (Lipinski definition) is 4. The lowest BCUT2D eigenvalue weighted by atomic mass is 9.98. The highest BCUT2D eigenvalue weighted by atomic mass is 35.5. The predicted molar refractivity (Wildman–Crippen MR) is 115 cm³/mol. The quantitative estimate of drug-likeness (QED) is 0.475. The predicted octanol–water partition coefficient (Wildman–Crippen LogP) is 5.08. The van der Waals surface area contributed by atoms with Crippen molar-refractivity contribution in [3.8, 4) is 22.5 Å². The molecule has 0 radical (unpaired) electrons. The van der Waals surface area contributed by atoms with E-state index in [9.17, 15) is 13.2 Å². The van der Waals surface area contributed by atoms with E-state index in [-0.39, 0.29) is 26.7 Å². The summed E-state index contributed by atoms with van der Waals surface area (Å²) in [5.41, 5.74) is 1.27. The molecule has 29 heavy (non-hydrogen) atoms. The molecule has 1 heterocycles. The molecule has 3 aromatic carbocycles. The third kappa shape index (κ3) is 3.56. The molecule has 0 spiro atoms. The number of sulfonamides is 1. The zero-order valence-electron chi connectivity index (χ0n) is 14.7. The third-order valence-electron chi connectivity index (χ3n) is 4.46. The van der Waals surface area contributed by atoms with Crippen LogP contribution in [0.3, 0.4) is 0 Å². The minimum Gasteiger partial charge on any atom is -0.455 e. The van der Waals surface area contributed by atoms with E-state index in [1.807, 2.05) is 0 Å². The van der Waals surface area contributed by atoms with Gasteiger partial charge >= 0.3 is 0 Å². The highest BCUT2D eigenvalue weighted by Gasteiger charge is 2.21. The molecule has 0 aliphatic carbocycles. The molecule has 4 aromatic rings. The van der Waals surface area contributed by atoms with E-state index >= 15 is 0 Å². The highest BCUT2D eigenvalue weighted by Crippen LogP contribution is 2.38. The minimum absolute atomic E-state index is 0.0493. The van der Waals surface area contributed by atoms with Crippen LogP contribution in [0.1, 0.15) is 0 Å². The summed E-state index contributed by atoms with van der Waals surface area (Å²) in [5.74, 6) is 0.249. The number of rotatable bonds is 3. The maximum atomic E-state index is 13.3. The lowest BCUT2D eigenvalue weighted by molar-refractivity contribution is 0.597. The Morgan fingerprint density at radius 1 is 0.862 bits per heavy atom. The molecule has 0 bridgehead atoms. The SMILES string of the molecule is NS(=O)(=O)c1ccc(-c2oc3ccccc3c(=O)c2-c2cccc(Cl)c2Cl)cc1. The Hall–Kier alpha value is -2.64. The fourth-order valence-electron chi connectivity index (χ4n) is 3.08. The number of nitrogens with two attached hydrogens (primary N) is 1. The Morgan fingerprint density at radius 2 is 1.55 bits per heavy atom. The zero-order valence-corrected chi connectivity index (χ0v) is 17.1. The van der Waals surface area contributed by atoms with Crippen molar-refractivity contribution >= 4 is 44.2 Å². The summed E-state index contributed by atoms with van der Waals surface area (Å²) in [6.45, 7) is 0. The Balaban J connectivity index is 2.08. The first-order chi connectivity index (χ1) is 13.8. The molecule has 0 saturated carbocycles. The lowest BCUT2D eigenvalue weighted by Gasteiger charge is -2.12. The third-order valence-corrected chi connectivity index (χ3v) is 6.21. The van der Waals surface area contributed by atoms with Crippen LogP contribution < -0.4 is 10.6 Å². The average Bonchev–Trinajstić information content (AvgIpc) is 2.70. The Kier molecular flexibility index (Phi) is 4.96. The van der Waals surface area contributed by atoms with Crippen molar-refractivity contribution < 1.29 is 12.8 Å². The fourth-order valence-corrected chi connectivity index (χ4v) is 3.99. The van der Waals surface area contributed by atoms with Gasteiger partial charge in [-0.05, 0) is 42.5 Å². The van der Waals surface area contributed by atoms with Gasteiger partial charge in [0.25, 0.3) is 0 Å². The van der Waals surface area contributed by atoms with Crippen LogP contribution in [0.4, 0.5) is 0 Å². The Morgan fingerprint density at radius 3 is 2.24 bits per heavy atom. The number of para-hydroxylation sites is 1. The molecule has 0 unspecified atom stereocenters. The minimum atomic E-state index is -3.85. The lowest BCUT2D eigenvalue weighted by Crippen LogP contribution is -2.12. The molecule has 8 heteroatoms. The van der Waals surface area contributed by atoms with Crippen molar-refractivity contribution in [3.63, 3.8) is 0 Å². The molecule has 0 aliphatic rings. The topological polar surface area (TPSA) is 90.4 Å². The summed E-state index contributed by atoms with van der Waals surface area (Å²) < 4.78 is 29.2. The molecule has 0 atom stereocenters. The van der Waals surface area contributed by atoms with E-state index in [4.69, 9.17) is 32.8 Å². The van der Waals surface area contributed by atoms with Crippen molar-refractivity contribution in [2.45, 2.75) is 4.90 Å². The number of benzene rings is 3. The van der Waals surface area contributed by atoms with E-state index < -0.39 is 10.0 Å². The van der Waals surface area contributed by atoms with Crippen LogP contribution in [-0.4, -0.2) is 8.42 Å². The Labute approximate surface area is 176 Å². The van der Waals surface area contributed by atoms with E-state index in [2.05, 4.69) is 0 Å². The summed E-state index contributed by atoms with van der Waals surface area (Å²) in [6.07, 6.45) is 0. The molecule has 4 rings (SSSR count).